The average molecular weight is 359 g/mol. The van der Waals surface area contributed by atoms with Gasteiger partial charge < -0.3 is 16.6 Å². The number of hydrazine groups is 1. The predicted molar refractivity (Wildman–Crippen MR) is 84.2 cm³/mol. The lowest BCUT2D eigenvalue weighted by Gasteiger charge is -2.11. The highest BCUT2D eigenvalue weighted by atomic mass is 32.2. The zero-order valence-electron chi connectivity index (χ0n) is 11.5. The topological polar surface area (TPSA) is 159 Å². The fourth-order valence-electron chi connectivity index (χ4n) is 1.69. The monoisotopic (exact) mass is 359 g/mol. The first kappa shape index (κ1) is 17.0. The van der Waals surface area contributed by atoms with Gasteiger partial charge in [0, 0.05) is 0 Å². The van der Waals surface area contributed by atoms with Gasteiger partial charge in [0.1, 0.15) is 4.90 Å². The molecular formula is C12H13N3O6S2. The molecule has 0 aliphatic heterocycles. The number of nitrogens with one attached hydrogen (secondary N) is 2. The maximum Gasteiger partial charge on any atom is 0.296 e. The summed E-state index contributed by atoms with van der Waals surface area (Å²) in [6.07, 6.45) is 0. The first-order valence-electron chi connectivity index (χ1n) is 6.04. The van der Waals surface area contributed by atoms with Crippen LogP contribution in [-0.4, -0.2) is 25.9 Å². The molecule has 0 fully saturated rings. The van der Waals surface area contributed by atoms with Gasteiger partial charge in [-0.15, -0.1) is 0 Å². The molecule has 2 aromatic carbocycles. The highest BCUT2D eigenvalue weighted by molar-refractivity contribution is 7.86. The van der Waals surface area contributed by atoms with Crippen LogP contribution < -0.4 is 16.6 Å². The third-order valence-corrected chi connectivity index (χ3v) is 4.57. The predicted octanol–water partition coefficient (Wildman–Crippen LogP) is 1.20. The zero-order valence-corrected chi connectivity index (χ0v) is 13.1. The normalized spacial score (nSPS) is 11.9. The van der Waals surface area contributed by atoms with Gasteiger partial charge >= 0.3 is 0 Å². The van der Waals surface area contributed by atoms with Crippen LogP contribution in [0.1, 0.15) is 0 Å². The van der Waals surface area contributed by atoms with Gasteiger partial charge in [0.05, 0.1) is 22.0 Å². The molecule has 0 aromatic heterocycles. The maximum atomic E-state index is 11.2. The van der Waals surface area contributed by atoms with E-state index in [9.17, 15) is 16.8 Å². The standard InChI is InChI=1S/C12H13N3O6S2/c13-11-6-3-9(7-12(11)23(19,20)21)15-14-8-1-4-10(5-2-8)22(16,17)18/h1-7,14-15H,13H2,(H,16,17,18)(H,19,20,21). The number of anilines is 3. The summed E-state index contributed by atoms with van der Waals surface area (Å²) in [6, 6.07) is 9.05. The summed E-state index contributed by atoms with van der Waals surface area (Å²) in [5.74, 6) is 0. The first-order valence-corrected chi connectivity index (χ1v) is 8.92. The van der Waals surface area contributed by atoms with E-state index in [-0.39, 0.29) is 10.6 Å². The van der Waals surface area contributed by atoms with Gasteiger partial charge in [-0.25, -0.2) is 0 Å². The van der Waals surface area contributed by atoms with Gasteiger partial charge in [-0.05, 0) is 42.5 Å². The fraction of sp³-hybridized carbons (Fsp3) is 0. The van der Waals surface area contributed by atoms with Gasteiger partial charge in [0.15, 0.2) is 0 Å². The molecule has 23 heavy (non-hydrogen) atoms. The third-order valence-electron chi connectivity index (χ3n) is 2.79. The Bertz CT molecular complexity index is 924. The molecule has 11 heteroatoms. The summed E-state index contributed by atoms with van der Waals surface area (Å²) in [5.41, 5.74) is 11.5. The molecule has 0 atom stereocenters. The summed E-state index contributed by atoms with van der Waals surface area (Å²) in [6.45, 7) is 0. The second-order valence-corrected chi connectivity index (χ2v) is 7.29. The molecule has 2 rings (SSSR count). The van der Waals surface area contributed by atoms with E-state index < -0.39 is 25.1 Å². The fourth-order valence-corrected chi connectivity index (χ4v) is 2.81. The van der Waals surface area contributed by atoms with Crippen LogP contribution in [-0.2, 0) is 20.2 Å². The van der Waals surface area contributed by atoms with Crippen LogP contribution >= 0.6 is 0 Å². The Morgan fingerprint density at radius 1 is 0.783 bits per heavy atom. The number of hydrogen-bond acceptors (Lipinski definition) is 7. The molecule has 9 nitrogen and oxygen atoms in total. The highest BCUT2D eigenvalue weighted by Gasteiger charge is 2.14. The molecule has 0 spiro atoms. The van der Waals surface area contributed by atoms with E-state index in [1.807, 2.05) is 0 Å². The van der Waals surface area contributed by atoms with E-state index in [1.165, 1.54) is 36.4 Å². The first-order chi connectivity index (χ1) is 10.6. The Kier molecular flexibility index (Phi) is 4.47. The second kappa shape index (κ2) is 6.04. The van der Waals surface area contributed by atoms with Crippen LogP contribution in [0.3, 0.4) is 0 Å². The van der Waals surface area contributed by atoms with E-state index in [2.05, 4.69) is 10.9 Å². The van der Waals surface area contributed by atoms with Crippen LogP contribution in [0.4, 0.5) is 17.1 Å². The van der Waals surface area contributed by atoms with Gasteiger partial charge in [0.2, 0.25) is 0 Å². The number of hydrogen-bond donors (Lipinski definition) is 5. The van der Waals surface area contributed by atoms with Crippen molar-refractivity contribution in [3.8, 4) is 0 Å². The summed E-state index contributed by atoms with van der Waals surface area (Å²) in [7, 11) is -8.72. The molecule has 0 bridgehead atoms. The van der Waals surface area contributed by atoms with E-state index in [1.54, 1.807) is 0 Å². The number of nitrogen functional groups attached to an aromatic ring is 1. The molecule has 6 N–H and O–H groups in total. The molecule has 0 radical (unpaired) electrons. The van der Waals surface area contributed by atoms with E-state index in [0.717, 1.165) is 6.07 Å². The van der Waals surface area contributed by atoms with Crippen molar-refractivity contribution in [2.75, 3.05) is 16.6 Å². The van der Waals surface area contributed by atoms with Gasteiger partial charge in [0.25, 0.3) is 20.2 Å². The molecule has 0 amide bonds. The summed E-state index contributed by atoms with van der Waals surface area (Å²) < 4.78 is 62.1. The molecule has 0 unspecified atom stereocenters. The largest absolute Gasteiger partial charge is 0.398 e. The van der Waals surface area contributed by atoms with E-state index in [0.29, 0.717) is 11.4 Å². The lowest BCUT2D eigenvalue weighted by molar-refractivity contribution is 0.481. The minimum absolute atomic E-state index is 0.101. The van der Waals surface area contributed by atoms with Crippen molar-refractivity contribution in [3.63, 3.8) is 0 Å². The Morgan fingerprint density at radius 2 is 1.30 bits per heavy atom. The van der Waals surface area contributed by atoms with E-state index >= 15 is 0 Å². The number of benzene rings is 2. The van der Waals surface area contributed by atoms with Crippen LogP contribution in [0.2, 0.25) is 0 Å². The molecule has 0 aliphatic rings. The zero-order chi connectivity index (χ0) is 17.3. The lowest BCUT2D eigenvalue weighted by atomic mass is 10.3. The van der Waals surface area contributed by atoms with Gasteiger partial charge in [-0.3, -0.25) is 9.11 Å². The third kappa shape index (κ3) is 4.32. The van der Waals surface area contributed by atoms with Crippen molar-refractivity contribution in [2.45, 2.75) is 9.79 Å². The maximum absolute atomic E-state index is 11.2. The Balaban J connectivity index is 2.16. The summed E-state index contributed by atoms with van der Waals surface area (Å²) in [4.78, 5) is -0.699. The molecule has 0 heterocycles. The number of nitrogens with two attached hydrogens (primary N) is 1. The average Bonchev–Trinajstić information content (AvgIpc) is 2.44. The van der Waals surface area contributed by atoms with Crippen molar-refractivity contribution in [1.82, 2.24) is 0 Å². The summed E-state index contributed by atoms with van der Waals surface area (Å²) in [5, 5.41) is 0. The SMILES string of the molecule is Nc1ccc(NNc2ccc(S(=O)(=O)O)cc2)cc1S(=O)(=O)O. The van der Waals surface area contributed by atoms with Crippen molar-refractivity contribution < 1.29 is 25.9 Å². The number of rotatable bonds is 5. The van der Waals surface area contributed by atoms with E-state index in [4.69, 9.17) is 14.8 Å². The molecule has 0 aliphatic carbocycles. The summed E-state index contributed by atoms with van der Waals surface area (Å²) >= 11 is 0. The quantitative estimate of drug-likeness (QED) is 0.300. The molecule has 2 aromatic rings. The Morgan fingerprint density at radius 3 is 1.83 bits per heavy atom. The van der Waals surface area contributed by atoms with Crippen molar-refractivity contribution in [1.29, 1.82) is 0 Å². The van der Waals surface area contributed by atoms with Crippen LogP contribution in [0.5, 0.6) is 0 Å². The van der Waals surface area contributed by atoms with Crippen LogP contribution in [0, 0.1) is 0 Å². The van der Waals surface area contributed by atoms with Crippen molar-refractivity contribution in [2.24, 2.45) is 0 Å². The Hall–Kier alpha value is -2.34. The molecule has 0 saturated carbocycles. The van der Waals surface area contributed by atoms with Crippen molar-refractivity contribution >= 4 is 37.3 Å². The minimum atomic E-state index is -4.45. The van der Waals surface area contributed by atoms with Crippen molar-refractivity contribution in [3.05, 3.63) is 42.5 Å². The molecule has 0 saturated heterocycles. The van der Waals surface area contributed by atoms with Crippen LogP contribution in [0.15, 0.2) is 52.3 Å². The highest BCUT2D eigenvalue weighted by Crippen LogP contribution is 2.22. The van der Waals surface area contributed by atoms with Crippen LogP contribution in [0.25, 0.3) is 0 Å². The molecular weight excluding hydrogens is 346 g/mol. The lowest BCUT2D eigenvalue weighted by Crippen LogP contribution is -2.10. The minimum Gasteiger partial charge on any atom is -0.398 e. The van der Waals surface area contributed by atoms with Gasteiger partial charge in [-0.1, -0.05) is 0 Å². The molecule has 124 valence electrons. The Labute approximate surface area is 132 Å². The van der Waals surface area contributed by atoms with Gasteiger partial charge in [-0.2, -0.15) is 16.8 Å². The smallest absolute Gasteiger partial charge is 0.296 e. The second-order valence-electron chi connectivity index (χ2n) is 4.48.